The van der Waals surface area contributed by atoms with E-state index in [0.717, 1.165) is 43.5 Å². The van der Waals surface area contributed by atoms with Crippen LogP contribution >= 0.6 is 0 Å². The summed E-state index contributed by atoms with van der Waals surface area (Å²) >= 11 is 0. The molecule has 2 atom stereocenters. The zero-order chi connectivity index (χ0) is 30.3. The van der Waals surface area contributed by atoms with E-state index in [1.165, 1.54) is 4.90 Å². The van der Waals surface area contributed by atoms with Crippen molar-refractivity contribution in [3.8, 4) is 11.5 Å². The summed E-state index contributed by atoms with van der Waals surface area (Å²) in [6.45, 7) is 6.97. The molecule has 1 heterocycles. The average Bonchev–Trinajstić information content (AvgIpc) is 2.99. The molecule has 0 aromatic heterocycles. The van der Waals surface area contributed by atoms with Gasteiger partial charge in [0.2, 0.25) is 0 Å². The first-order chi connectivity index (χ1) is 20.1. The topological polar surface area (TPSA) is 144 Å². The SMILES string of the molecule is CC(C)[NH+]1CCOC2(CCCc3cc(OC(=O)c4ccccc4)c(OC(=O)c4ccccc4)cc32)C1.O=C([O-])C(=O)O. The molecule has 0 saturated carbocycles. The number of aryl methyl sites for hydroxylation is 1. The minimum Gasteiger partial charge on any atom is -0.539 e. The number of hydrogen-bond donors (Lipinski definition) is 2. The van der Waals surface area contributed by atoms with Gasteiger partial charge in [-0.05, 0) is 80.6 Å². The van der Waals surface area contributed by atoms with Gasteiger partial charge in [0, 0.05) is 0 Å². The van der Waals surface area contributed by atoms with E-state index in [1.807, 2.05) is 24.3 Å². The number of ether oxygens (including phenoxy) is 3. The Balaban J connectivity index is 0.000000612. The van der Waals surface area contributed by atoms with Gasteiger partial charge >= 0.3 is 17.9 Å². The molecular weight excluding hydrogens is 542 g/mol. The molecule has 1 fully saturated rings. The van der Waals surface area contributed by atoms with Gasteiger partial charge in [-0.15, -0.1) is 0 Å². The van der Waals surface area contributed by atoms with Crippen molar-refractivity contribution >= 4 is 23.9 Å². The predicted octanol–water partition coefficient (Wildman–Crippen LogP) is 1.80. The summed E-state index contributed by atoms with van der Waals surface area (Å²) in [5, 5.41) is 16.3. The normalized spacial score (nSPS) is 19.2. The second kappa shape index (κ2) is 13.4. The number of nitrogens with one attached hydrogen (secondary N) is 1. The molecular formula is C32H33NO9. The molecule has 1 spiro atoms. The largest absolute Gasteiger partial charge is 0.539 e. The number of rotatable bonds is 5. The molecule has 0 bridgehead atoms. The van der Waals surface area contributed by atoms with Crippen molar-refractivity contribution in [2.45, 2.75) is 44.8 Å². The number of esters is 2. The molecule has 220 valence electrons. The van der Waals surface area contributed by atoms with Crippen molar-refractivity contribution in [3.63, 3.8) is 0 Å². The molecule has 2 aliphatic rings. The number of carboxylic acid groups (broad SMARTS) is 2. The number of hydrogen-bond acceptors (Lipinski definition) is 8. The van der Waals surface area contributed by atoms with Gasteiger partial charge in [-0.1, -0.05) is 36.4 Å². The van der Waals surface area contributed by atoms with Crippen LogP contribution < -0.4 is 19.5 Å². The van der Waals surface area contributed by atoms with E-state index in [-0.39, 0.29) is 11.5 Å². The Morgan fingerprint density at radius 1 is 0.905 bits per heavy atom. The third-order valence-electron chi connectivity index (χ3n) is 7.42. The van der Waals surface area contributed by atoms with E-state index in [4.69, 9.17) is 34.0 Å². The number of morpholine rings is 1. The first kappa shape index (κ1) is 30.4. The maximum atomic E-state index is 13.0. The lowest BCUT2D eigenvalue weighted by atomic mass is 9.77. The Hall–Kier alpha value is -4.54. The third-order valence-corrected chi connectivity index (χ3v) is 7.42. The number of quaternary nitrogens is 1. The lowest BCUT2D eigenvalue weighted by molar-refractivity contribution is -0.938. The van der Waals surface area contributed by atoms with E-state index in [0.29, 0.717) is 23.8 Å². The Morgan fingerprint density at radius 2 is 1.43 bits per heavy atom. The van der Waals surface area contributed by atoms with Crippen molar-refractivity contribution in [1.29, 1.82) is 0 Å². The summed E-state index contributed by atoms with van der Waals surface area (Å²) in [6.07, 6.45) is 2.74. The average molecular weight is 576 g/mol. The molecule has 5 rings (SSSR count). The fraction of sp³-hybridized carbons (Fsp3) is 0.312. The van der Waals surface area contributed by atoms with Crippen LogP contribution in [-0.2, 0) is 26.3 Å². The minimum absolute atomic E-state index is 0.230. The van der Waals surface area contributed by atoms with Crippen molar-refractivity contribution in [3.05, 3.63) is 95.1 Å². The summed E-state index contributed by atoms with van der Waals surface area (Å²) in [5.74, 6) is -4.54. The van der Waals surface area contributed by atoms with Gasteiger partial charge in [-0.2, -0.15) is 0 Å². The minimum atomic E-state index is -2.07. The number of carboxylic acids is 2. The zero-order valence-electron chi connectivity index (χ0n) is 23.5. The van der Waals surface area contributed by atoms with Gasteiger partial charge in [0.15, 0.2) is 17.5 Å². The summed E-state index contributed by atoms with van der Waals surface area (Å²) in [7, 11) is 0. The molecule has 0 radical (unpaired) electrons. The van der Waals surface area contributed by atoms with E-state index in [1.54, 1.807) is 48.5 Å². The molecule has 1 aliphatic carbocycles. The fourth-order valence-corrected chi connectivity index (χ4v) is 5.27. The van der Waals surface area contributed by atoms with Crippen molar-refractivity contribution in [1.82, 2.24) is 0 Å². The van der Waals surface area contributed by atoms with E-state index < -0.39 is 29.5 Å². The van der Waals surface area contributed by atoms with Gasteiger partial charge in [0.05, 0.1) is 23.8 Å². The lowest BCUT2D eigenvalue weighted by Gasteiger charge is -2.45. The Bertz CT molecular complexity index is 1430. The van der Waals surface area contributed by atoms with Crippen LogP contribution in [0.1, 0.15) is 58.5 Å². The second-order valence-electron chi connectivity index (χ2n) is 10.5. The number of carbonyl (C=O) groups excluding carboxylic acids is 3. The van der Waals surface area contributed by atoms with Gasteiger partial charge in [0.25, 0.3) is 0 Å². The molecule has 10 heteroatoms. The highest BCUT2D eigenvalue weighted by Gasteiger charge is 2.45. The van der Waals surface area contributed by atoms with E-state index >= 15 is 0 Å². The van der Waals surface area contributed by atoms with Crippen LogP contribution in [0.25, 0.3) is 0 Å². The molecule has 2 unspecified atom stereocenters. The van der Waals surface area contributed by atoms with Crippen molar-refractivity contribution in [2.75, 3.05) is 19.7 Å². The summed E-state index contributed by atoms with van der Waals surface area (Å²) in [5.41, 5.74) is 2.51. The monoisotopic (exact) mass is 575 g/mol. The molecule has 42 heavy (non-hydrogen) atoms. The lowest BCUT2D eigenvalue weighted by Crippen LogP contribution is -3.18. The predicted molar refractivity (Wildman–Crippen MR) is 148 cm³/mol. The molecule has 3 aromatic rings. The van der Waals surface area contributed by atoms with E-state index in [2.05, 4.69) is 13.8 Å². The standard InChI is InChI=1S/C30H31NO5.C2H2O4/c1-21(2)31-16-17-34-30(20-31)15-9-14-24-18-26(35-28(32)22-10-5-3-6-11-22)27(19-25(24)30)36-29(33)23-12-7-4-8-13-23;3-1(4)2(5)6/h3-8,10-13,18-19,21H,9,14-17,20H2,1-2H3;(H,3,4)(H,5,6). The Morgan fingerprint density at radius 3 is 1.93 bits per heavy atom. The van der Waals surface area contributed by atoms with Crippen LogP contribution in [-0.4, -0.2) is 54.7 Å². The highest BCUT2D eigenvalue weighted by molar-refractivity contribution is 6.26. The summed E-state index contributed by atoms with van der Waals surface area (Å²) in [6, 6.07) is 21.8. The highest BCUT2D eigenvalue weighted by Crippen LogP contribution is 2.44. The van der Waals surface area contributed by atoms with Crippen LogP contribution in [0.3, 0.4) is 0 Å². The Kier molecular flexibility index (Phi) is 9.72. The van der Waals surface area contributed by atoms with Gasteiger partial charge in [-0.3, -0.25) is 0 Å². The van der Waals surface area contributed by atoms with Gasteiger partial charge in [-0.25, -0.2) is 14.4 Å². The smallest absolute Gasteiger partial charge is 0.351 e. The van der Waals surface area contributed by atoms with Crippen LogP contribution in [0.15, 0.2) is 72.8 Å². The third kappa shape index (κ3) is 7.20. The van der Waals surface area contributed by atoms with Crippen LogP contribution in [0.2, 0.25) is 0 Å². The molecule has 1 aliphatic heterocycles. The van der Waals surface area contributed by atoms with E-state index in [9.17, 15) is 9.59 Å². The first-order valence-corrected chi connectivity index (χ1v) is 13.7. The molecule has 2 N–H and O–H groups in total. The second-order valence-corrected chi connectivity index (χ2v) is 10.5. The van der Waals surface area contributed by atoms with Crippen LogP contribution in [0.5, 0.6) is 11.5 Å². The molecule has 1 saturated heterocycles. The fourth-order valence-electron chi connectivity index (χ4n) is 5.27. The number of carbonyl (C=O) groups is 4. The van der Waals surface area contributed by atoms with Crippen molar-refractivity contribution in [2.24, 2.45) is 0 Å². The summed E-state index contributed by atoms with van der Waals surface area (Å²) < 4.78 is 18.2. The van der Waals surface area contributed by atoms with Crippen molar-refractivity contribution < 1.29 is 48.5 Å². The van der Waals surface area contributed by atoms with Gasteiger partial charge in [0.1, 0.15) is 18.7 Å². The number of fused-ring (bicyclic) bond motifs is 2. The quantitative estimate of drug-likeness (QED) is 0.264. The van der Waals surface area contributed by atoms with Gasteiger partial charge < -0.3 is 34.1 Å². The summed E-state index contributed by atoms with van der Waals surface area (Å²) in [4.78, 5) is 45.4. The zero-order valence-corrected chi connectivity index (χ0v) is 23.5. The number of aliphatic carboxylic acids is 2. The highest BCUT2D eigenvalue weighted by atomic mass is 16.6. The molecule has 10 nitrogen and oxygen atoms in total. The maximum Gasteiger partial charge on any atom is 0.351 e. The Labute approximate surface area is 243 Å². The maximum absolute atomic E-state index is 13.0. The van der Waals surface area contributed by atoms with Crippen LogP contribution in [0.4, 0.5) is 0 Å². The molecule has 0 amide bonds. The first-order valence-electron chi connectivity index (χ1n) is 13.7. The number of benzene rings is 3. The molecule has 3 aromatic carbocycles. The van der Waals surface area contributed by atoms with Crippen LogP contribution in [0, 0.1) is 0 Å².